The topological polar surface area (TPSA) is 23.6 Å². The van der Waals surface area contributed by atoms with E-state index in [1.54, 1.807) is 0 Å². The Morgan fingerprint density at radius 3 is 2.18 bits per heavy atom. The molecule has 2 unspecified atom stereocenters. The van der Waals surface area contributed by atoms with E-state index in [4.69, 9.17) is 0 Å². The molecule has 1 fully saturated rings. The molecular weight excluding hydrogens is 212 g/mol. The third kappa shape index (κ3) is 2.50. The summed E-state index contributed by atoms with van der Waals surface area (Å²) in [5, 5.41) is 0. The second kappa shape index (κ2) is 4.88. The van der Waals surface area contributed by atoms with Gasteiger partial charge in [0.1, 0.15) is 0 Å². The van der Waals surface area contributed by atoms with Crippen LogP contribution in [0.5, 0.6) is 0 Å². The average Bonchev–Trinajstić information content (AvgIpc) is 2.28. The van der Waals surface area contributed by atoms with Gasteiger partial charge in [-0.1, -0.05) is 18.2 Å². The zero-order chi connectivity index (χ0) is 12.4. The highest BCUT2D eigenvalue weighted by Crippen LogP contribution is 2.17. The van der Waals surface area contributed by atoms with E-state index in [0.717, 1.165) is 18.7 Å². The van der Waals surface area contributed by atoms with E-state index in [2.05, 4.69) is 25.8 Å². The normalized spacial score (nSPS) is 25.9. The van der Waals surface area contributed by atoms with Crippen LogP contribution in [0.4, 0.5) is 0 Å². The first-order valence-electron chi connectivity index (χ1n) is 6.16. The van der Waals surface area contributed by atoms with E-state index in [0.29, 0.717) is 0 Å². The molecular formula is C14H20N2O. The largest absolute Gasteiger partial charge is 0.331 e. The minimum absolute atomic E-state index is 0.152. The lowest BCUT2D eigenvalue weighted by Crippen LogP contribution is -2.57. The number of hydrogen-bond acceptors (Lipinski definition) is 2. The van der Waals surface area contributed by atoms with Crippen LogP contribution in [0.25, 0.3) is 0 Å². The molecule has 0 saturated carbocycles. The second-order valence-corrected chi connectivity index (χ2v) is 5.00. The van der Waals surface area contributed by atoms with Gasteiger partial charge in [-0.25, -0.2) is 0 Å². The molecule has 1 heterocycles. The molecule has 0 radical (unpaired) electrons. The molecule has 1 aromatic carbocycles. The number of amides is 1. The fourth-order valence-electron chi connectivity index (χ4n) is 2.72. The molecule has 3 nitrogen and oxygen atoms in total. The van der Waals surface area contributed by atoms with Gasteiger partial charge in [0, 0.05) is 30.7 Å². The molecule has 1 saturated heterocycles. The molecule has 92 valence electrons. The van der Waals surface area contributed by atoms with E-state index in [9.17, 15) is 4.79 Å². The lowest BCUT2D eigenvalue weighted by molar-refractivity contribution is 0.0350. The van der Waals surface area contributed by atoms with Gasteiger partial charge in [0.05, 0.1) is 0 Å². The highest BCUT2D eigenvalue weighted by molar-refractivity contribution is 5.94. The molecule has 2 atom stereocenters. The van der Waals surface area contributed by atoms with Crippen LogP contribution >= 0.6 is 0 Å². The predicted molar refractivity (Wildman–Crippen MR) is 69.0 cm³/mol. The number of likely N-dealkylation sites (N-methyl/N-ethyl adjacent to an activating group) is 1. The van der Waals surface area contributed by atoms with E-state index >= 15 is 0 Å². The molecule has 0 N–H and O–H groups in total. The van der Waals surface area contributed by atoms with Crippen molar-refractivity contribution in [2.45, 2.75) is 25.9 Å². The van der Waals surface area contributed by atoms with Gasteiger partial charge >= 0.3 is 0 Å². The van der Waals surface area contributed by atoms with Gasteiger partial charge in [0.2, 0.25) is 0 Å². The van der Waals surface area contributed by atoms with Crippen molar-refractivity contribution in [2.75, 3.05) is 20.1 Å². The van der Waals surface area contributed by atoms with E-state index in [-0.39, 0.29) is 18.0 Å². The Morgan fingerprint density at radius 1 is 1.12 bits per heavy atom. The van der Waals surface area contributed by atoms with Crippen LogP contribution in [0.3, 0.4) is 0 Å². The smallest absolute Gasteiger partial charge is 0.254 e. The summed E-state index contributed by atoms with van der Waals surface area (Å²) in [5.41, 5.74) is 0.788. The Balaban J connectivity index is 2.19. The maximum atomic E-state index is 12.4. The van der Waals surface area contributed by atoms with Crippen molar-refractivity contribution in [2.24, 2.45) is 0 Å². The molecule has 1 amide bonds. The summed E-state index contributed by atoms with van der Waals surface area (Å²) in [5.74, 6) is 0.152. The summed E-state index contributed by atoms with van der Waals surface area (Å²) in [6.45, 7) is 6.13. The quantitative estimate of drug-likeness (QED) is 0.738. The summed E-state index contributed by atoms with van der Waals surface area (Å²) in [6, 6.07) is 10.1. The molecule has 0 aromatic heterocycles. The third-order valence-electron chi connectivity index (χ3n) is 3.36. The fraction of sp³-hybridized carbons (Fsp3) is 0.500. The van der Waals surface area contributed by atoms with Crippen molar-refractivity contribution >= 4 is 5.91 Å². The molecule has 1 aromatic rings. The Bertz CT molecular complexity index is 378. The van der Waals surface area contributed by atoms with Gasteiger partial charge in [-0.15, -0.1) is 0 Å². The van der Waals surface area contributed by atoms with Crippen molar-refractivity contribution in [3.05, 3.63) is 35.9 Å². The van der Waals surface area contributed by atoms with Crippen molar-refractivity contribution in [1.82, 2.24) is 9.80 Å². The monoisotopic (exact) mass is 232 g/mol. The van der Waals surface area contributed by atoms with Crippen molar-refractivity contribution in [3.63, 3.8) is 0 Å². The van der Waals surface area contributed by atoms with Crippen LogP contribution in [0.2, 0.25) is 0 Å². The SMILES string of the molecule is CC1CN(C)CC(C)N1C(=O)c1ccccc1. The highest BCUT2D eigenvalue weighted by Gasteiger charge is 2.31. The first kappa shape index (κ1) is 12.1. The lowest BCUT2D eigenvalue weighted by Gasteiger charge is -2.43. The number of carbonyl (C=O) groups is 1. The molecule has 17 heavy (non-hydrogen) atoms. The molecule has 0 aliphatic carbocycles. The molecule has 0 spiro atoms. The summed E-state index contributed by atoms with van der Waals surface area (Å²) < 4.78 is 0. The van der Waals surface area contributed by atoms with Gasteiger partial charge in [-0.2, -0.15) is 0 Å². The van der Waals surface area contributed by atoms with Crippen molar-refractivity contribution in [1.29, 1.82) is 0 Å². The maximum Gasteiger partial charge on any atom is 0.254 e. The van der Waals surface area contributed by atoms with Crippen LogP contribution in [-0.2, 0) is 0 Å². The molecule has 2 rings (SSSR count). The summed E-state index contributed by atoms with van der Waals surface area (Å²) >= 11 is 0. The van der Waals surface area contributed by atoms with E-state index in [1.807, 2.05) is 35.2 Å². The highest BCUT2D eigenvalue weighted by atomic mass is 16.2. The number of benzene rings is 1. The molecule has 1 aliphatic heterocycles. The van der Waals surface area contributed by atoms with Crippen LogP contribution in [0, 0.1) is 0 Å². The van der Waals surface area contributed by atoms with Crippen LogP contribution in [-0.4, -0.2) is 47.9 Å². The number of nitrogens with zero attached hydrogens (tertiary/aromatic N) is 2. The van der Waals surface area contributed by atoms with Gasteiger partial charge in [-0.05, 0) is 33.0 Å². The van der Waals surface area contributed by atoms with Gasteiger partial charge < -0.3 is 9.80 Å². The van der Waals surface area contributed by atoms with Crippen LogP contribution in [0.15, 0.2) is 30.3 Å². The Labute approximate surface area is 103 Å². The first-order chi connectivity index (χ1) is 8.09. The number of carbonyl (C=O) groups excluding carboxylic acids is 1. The average molecular weight is 232 g/mol. The van der Waals surface area contributed by atoms with E-state index in [1.165, 1.54) is 0 Å². The standard InChI is InChI=1S/C14H20N2O/c1-11-9-15(3)10-12(2)16(11)14(17)13-7-5-4-6-8-13/h4-8,11-12H,9-10H2,1-3H3. The minimum Gasteiger partial charge on any atom is -0.331 e. The van der Waals surface area contributed by atoms with Crippen molar-refractivity contribution < 1.29 is 4.79 Å². The molecule has 1 aliphatic rings. The van der Waals surface area contributed by atoms with Gasteiger partial charge in [0.25, 0.3) is 5.91 Å². The molecule has 0 bridgehead atoms. The van der Waals surface area contributed by atoms with Crippen molar-refractivity contribution in [3.8, 4) is 0 Å². The first-order valence-corrected chi connectivity index (χ1v) is 6.16. The van der Waals surface area contributed by atoms with Gasteiger partial charge in [0.15, 0.2) is 0 Å². The van der Waals surface area contributed by atoms with E-state index < -0.39 is 0 Å². The fourth-order valence-corrected chi connectivity index (χ4v) is 2.72. The Morgan fingerprint density at radius 2 is 1.65 bits per heavy atom. The Hall–Kier alpha value is -1.35. The van der Waals surface area contributed by atoms with Gasteiger partial charge in [-0.3, -0.25) is 4.79 Å². The Kier molecular flexibility index (Phi) is 3.48. The number of rotatable bonds is 1. The predicted octanol–water partition coefficient (Wildman–Crippen LogP) is 1.85. The maximum absolute atomic E-state index is 12.4. The van der Waals surface area contributed by atoms with Crippen LogP contribution in [0.1, 0.15) is 24.2 Å². The summed E-state index contributed by atoms with van der Waals surface area (Å²) in [7, 11) is 2.11. The lowest BCUT2D eigenvalue weighted by atomic mass is 10.1. The third-order valence-corrected chi connectivity index (χ3v) is 3.36. The number of hydrogen-bond donors (Lipinski definition) is 0. The molecule has 3 heteroatoms. The zero-order valence-electron chi connectivity index (χ0n) is 10.8. The second-order valence-electron chi connectivity index (χ2n) is 5.00. The number of piperazine rings is 1. The zero-order valence-corrected chi connectivity index (χ0v) is 10.8. The van der Waals surface area contributed by atoms with Crippen LogP contribution < -0.4 is 0 Å². The summed E-state index contributed by atoms with van der Waals surface area (Å²) in [4.78, 5) is 16.7. The summed E-state index contributed by atoms with van der Waals surface area (Å²) in [6.07, 6.45) is 0. The minimum atomic E-state index is 0.152.